The van der Waals surface area contributed by atoms with Crippen LogP contribution in [0, 0.1) is 6.92 Å². The average molecular weight is 256 g/mol. The van der Waals surface area contributed by atoms with Crippen LogP contribution in [0.4, 0.5) is 13.2 Å². The fourth-order valence-corrected chi connectivity index (χ4v) is 2.60. The zero-order chi connectivity index (χ0) is 13.3. The molecule has 0 aromatic heterocycles. The molecule has 2 rings (SSSR count). The van der Waals surface area contributed by atoms with Crippen molar-refractivity contribution in [2.75, 3.05) is 0 Å². The molecular formula is C14H15F3O. The smallest absolute Gasteiger partial charge is 0.300 e. The standard InChI is InChI=1S/C14H15F3O/c1-9-7-11(14(15,16)17)5-6-13(9)10-3-2-4-12(18)8-10/h5-7,10H,2-4,8H2,1H3. The van der Waals surface area contributed by atoms with Gasteiger partial charge >= 0.3 is 6.18 Å². The fourth-order valence-electron chi connectivity index (χ4n) is 2.60. The minimum Gasteiger partial charge on any atom is -0.300 e. The van der Waals surface area contributed by atoms with Crippen molar-refractivity contribution in [1.29, 1.82) is 0 Å². The molecule has 0 bridgehead atoms. The number of carbonyl (C=O) groups is 1. The number of rotatable bonds is 1. The molecule has 0 amide bonds. The Morgan fingerprint density at radius 3 is 2.56 bits per heavy atom. The highest BCUT2D eigenvalue weighted by Crippen LogP contribution is 2.36. The van der Waals surface area contributed by atoms with Crippen LogP contribution in [0.3, 0.4) is 0 Å². The van der Waals surface area contributed by atoms with Gasteiger partial charge in [0.05, 0.1) is 5.56 Å². The number of benzene rings is 1. The predicted molar refractivity (Wildman–Crippen MR) is 62.4 cm³/mol. The van der Waals surface area contributed by atoms with E-state index in [0.717, 1.165) is 24.5 Å². The molecule has 0 radical (unpaired) electrons. The van der Waals surface area contributed by atoms with Crippen LogP contribution in [-0.2, 0) is 11.0 Å². The van der Waals surface area contributed by atoms with Crippen LogP contribution in [0.15, 0.2) is 18.2 Å². The first-order valence-corrected chi connectivity index (χ1v) is 6.07. The second-order valence-corrected chi connectivity index (χ2v) is 4.90. The maximum absolute atomic E-state index is 12.5. The van der Waals surface area contributed by atoms with Gasteiger partial charge in [-0.2, -0.15) is 13.2 Å². The van der Waals surface area contributed by atoms with Crippen molar-refractivity contribution in [3.8, 4) is 0 Å². The molecule has 1 fully saturated rings. The van der Waals surface area contributed by atoms with Gasteiger partial charge in [0, 0.05) is 12.8 Å². The summed E-state index contributed by atoms with van der Waals surface area (Å²) in [6.45, 7) is 1.68. The summed E-state index contributed by atoms with van der Waals surface area (Å²) < 4.78 is 37.6. The Kier molecular flexibility index (Phi) is 3.46. The van der Waals surface area contributed by atoms with E-state index in [2.05, 4.69) is 0 Å². The lowest BCUT2D eigenvalue weighted by atomic mass is 9.81. The first-order valence-electron chi connectivity index (χ1n) is 6.07. The Morgan fingerprint density at radius 2 is 2.00 bits per heavy atom. The van der Waals surface area contributed by atoms with Gasteiger partial charge in [-0.3, -0.25) is 4.79 Å². The van der Waals surface area contributed by atoms with Gasteiger partial charge in [-0.1, -0.05) is 6.07 Å². The van der Waals surface area contributed by atoms with Gasteiger partial charge < -0.3 is 0 Å². The topological polar surface area (TPSA) is 17.1 Å². The van der Waals surface area contributed by atoms with E-state index in [1.807, 2.05) is 0 Å². The molecular weight excluding hydrogens is 241 g/mol. The van der Waals surface area contributed by atoms with Crippen molar-refractivity contribution in [2.45, 2.75) is 44.7 Å². The zero-order valence-electron chi connectivity index (χ0n) is 10.2. The Hall–Kier alpha value is -1.32. The number of aryl methyl sites for hydroxylation is 1. The number of Topliss-reactive ketones (excluding diaryl/α,β-unsaturated/α-hetero) is 1. The van der Waals surface area contributed by atoms with Crippen molar-refractivity contribution in [2.24, 2.45) is 0 Å². The molecule has 1 aliphatic rings. The van der Waals surface area contributed by atoms with Gasteiger partial charge in [0.15, 0.2) is 0 Å². The molecule has 0 spiro atoms. The minimum atomic E-state index is -4.30. The molecule has 0 aliphatic heterocycles. The predicted octanol–water partition coefficient (Wildman–Crippen LogP) is 4.24. The van der Waals surface area contributed by atoms with E-state index in [1.165, 1.54) is 12.1 Å². The molecule has 1 aromatic carbocycles. The first-order chi connectivity index (χ1) is 8.38. The van der Waals surface area contributed by atoms with Crippen LogP contribution in [0.5, 0.6) is 0 Å². The monoisotopic (exact) mass is 256 g/mol. The number of hydrogen-bond donors (Lipinski definition) is 0. The van der Waals surface area contributed by atoms with E-state index < -0.39 is 11.7 Å². The van der Waals surface area contributed by atoms with E-state index in [-0.39, 0.29) is 11.7 Å². The normalized spacial score (nSPS) is 21.1. The second-order valence-electron chi connectivity index (χ2n) is 4.90. The molecule has 1 aromatic rings. The minimum absolute atomic E-state index is 0.0912. The Bertz CT molecular complexity index is 463. The van der Waals surface area contributed by atoms with E-state index >= 15 is 0 Å². The number of hydrogen-bond acceptors (Lipinski definition) is 1. The summed E-state index contributed by atoms with van der Waals surface area (Å²) in [6, 6.07) is 3.82. The molecule has 0 N–H and O–H groups in total. The van der Waals surface area contributed by atoms with Crippen molar-refractivity contribution < 1.29 is 18.0 Å². The van der Waals surface area contributed by atoms with E-state index in [9.17, 15) is 18.0 Å². The first kappa shape index (κ1) is 13.1. The van der Waals surface area contributed by atoms with Crippen LogP contribution < -0.4 is 0 Å². The highest BCUT2D eigenvalue weighted by Gasteiger charge is 2.31. The van der Waals surface area contributed by atoms with Crippen molar-refractivity contribution in [3.63, 3.8) is 0 Å². The summed E-state index contributed by atoms with van der Waals surface area (Å²) in [5.74, 6) is 0.305. The Morgan fingerprint density at radius 1 is 1.28 bits per heavy atom. The molecule has 4 heteroatoms. The number of ketones is 1. The quantitative estimate of drug-likeness (QED) is 0.734. The summed E-state index contributed by atoms with van der Waals surface area (Å²) in [5.41, 5.74) is 0.895. The van der Waals surface area contributed by atoms with Crippen LogP contribution in [0.2, 0.25) is 0 Å². The van der Waals surface area contributed by atoms with Crippen LogP contribution in [0.25, 0.3) is 0 Å². The van der Waals surface area contributed by atoms with Crippen molar-refractivity contribution >= 4 is 5.78 Å². The molecule has 1 nitrogen and oxygen atoms in total. The van der Waals surface area contributed by atoms with E-state index in [0.29, 0.717) is 18.4 Å². The van der Waals surface area contributed by atoms with Gasteiger partial charge in [-0.15, -0.1) is 0 Å². The van der Waals surface area contributed by atoms with E-state index in [4.69, 9.17) is 0 Å². The summed E-state index contributed by atoms with van der Waals surface area (Å²) in [6.07, 6.45) is -1.50. The molecule has 18 heavy (non-hydrogen) atoms. The molecule has 1 aliphatic carbocycles. The van der Waals surface area contributed by atoms with E-state index in [1.54, 1.807) is 6.92 Å². The summed E-state index contributed by atoms with van der Waals surface area (Å²) in [5, 5.41) is 0. The lowest BCUT2D eigenvalue weighted by Crippen LogP contribution is -2.15. The Labute approximate surface area is 104 Å². The lowest BCUT2D eigenvalue weighted by molar-refractivity contribution is -0.137. The average Bonchev–Trinajstić information content (AvgIpc) is 2.27. The third-order valence-electron chi connectivity index (χ3n) is 3.52. The van der Waals surface area contributed by atoms with Gasteiger partial charge in [-0.25, -0.2) is 0 Å². The number of carbonyl (C=O) groups excluding carboxylic acids is 1. The highest BCUT2D eigenvalue weighted by molar-refractivity contribution is 5.80. The molecule has 1 saturated carbocycles. The molecule has 1 atom stereocenters. The van der Waals surface area contributed by atoms with Crippen LogP contribution in [0.1, 0.15) is 48.3 Å². The van der Waals surface area contributed by atoms with Gasteiger partial charge in [0.1, 0.15) is 5.78 Å². The Balaban J connectivity index is 2.27. The molecule has 98 valence electrons. The SMILES string of the molecule is Cc1cc(C(F)(F)F)ccc1C1CCCC(=O)C1. The van der Waals surface area contributed by atoms with Crippen molar-refractivity contribution in [3.05, 3.63) is 34.9 Å². The third-order valence-corrected chi connectivity index (χ3v) is 3.52. The fraction of sp³-hybridized carbons (Fsp3) is 0.500. The highest BCUT2D eigenvalue weighted by atomic mass is 19.4. The largest absolute Gasteiger partial charge is 0.416 e. The van der Waals surface area contributed by atoms with Gasteiger partial charge in [-0.05, 0) is 48.9 Å². The van der Waals surface area contributed by atoms with Gasteiger partial charge in [0.2, 0.25) is 0 Å². The summed E-state index contributed by atoms with van der Waals surface area (Å²) >= 11 is 0. The second kappa shape index (κ2) is 4.75. The van der Waals surface area contributed by atoms with Gasteiger partial charge in [0.25, 0.3) is 0 Å². The van der Waals surface area contributed by atoms with Crippen molar-refractivity contribution in [1.82, 2.24) is 0 Å². The summed E-state index contributed by atoms with van der Waals surface area (Å²) in [4.78, 5) is 11.4. The number of halogens is 3. The maximum Gasteiger partial charge on any atom is 0.416 e. The molecule has 0 saturated heterocycles. The molecule has 0 heterocycles. The summed E-state index contributed by atoms with van der Waals surface area (Å²) in [7, 11) is 0. The van der Waals surface area contributed by atoms with Crippen LogP contribution >= 0.6 is 0 Å². The molecule has 1 unspecified atom stereocenters. The lowest BCUT2D eigenvalue weighted by Gasteiger charge is -2.23. The number of alkyl halides is 3. The third kappa shape index (κ3) is 2.74. The maximum atomic E-state index is 12.5. The zero-order valence-corrected chi connectivity index (χ0v) is 10.2. The van der Waals surface area contributed by atoms with Crippen LogP contribution in [-0.4, -0.2) is 5.78 Å².